The molecule has 0 heteroatoms. The summed E-state index contributed by atoms with van der Waals surface area (Å²) in [6, 6.07) is 0. The summed E-state index contributed by atoms with van der Waals surface area (Å²) < 4.78 is 0. The van der Waals surface area contributed by atoms with Crippen LogP contribution in [0.25, 0.3) is 0 Å². The topological polar surface area (TPSA) is 0 Å². The molecule has 0 saturated carbocycles. The maximum atomic E-state index is 3.58. The smallest absolute Gasteiger partial charge is 0.0275 e. The van der Waals surface area contributed by atoms with Gasteiger partial charge in [0.25, 0.3) is 0 Å². The fourth-order valence-corrected chi connectivity index (χ4v) is 2.44. The summed E-state index contributed by atoms with van der Waals surface area (Å²) in [6.07, 6.45) is 18.7. The summed E-state index contributed by atoms with van der Waals surface area (Å²) in [5.41, 5.74) is 2.84. The highest BCUT2D eigenvalue weighted by Gasteiger charge is 2.01. The maximum absolute atomic E-state index is 3.58. The van der Waals surface area contributed by atoms with Crippen molar-refractivity contribution in [1.29, 1.82) is 0 Å². The van der Waals surface area contributed by atoms with Gasteiger partial charge in [-0.1, -0.05) is 84.6 Å². The molecule has 0 radical (unpaired) electrons. The van der Waals surface area contributed by atoms with Gasteiger partial charge in [0.2, 0.25) is 0 Å². The summed E-state index contributed by atoms with van der Waals surface area (Å²) in [7, 11) is 0. The van der Waals surface area contributed by atoms with Crippen LogP contribution >= 0.6 is 0 Å². The molecule has 0 aliphatic heterocycles. The Morgan fingerprint density at radius 1 is 0.889 bits per heavy atom. The zero-order valence-corrected chi connectivity index (χ0v) is 12.8. The van der Waals surface area contributed by atoms with E-state index in [0.29, 0.717) is 0 Å². The van der Waals surface area contributed by atoms with Crippen LogP contribution in [-0.4, -0.2) is 0 Å². The second-order valence-corrected chi connectivity index (χ2v) is 5.71. The molecule has 1 unspecified atom stereocenters. The van der Waals surface area contributed by atoms with Gasteiger partial charge < -0.3 is 0 Å². The van der Waals surface area contributed by atoms with Crippen LogP contribution in [0.4, 0.5) is 0 Å². The number of unbranched alkanes of at least 4 members (excludes halogenated alkanes) is 8. The Kier molecular flexibility index (Phi) is 14.2. The predicted octanol–water partition coefficient (Wildman–Crippen LogP) is 6.66. The van der Waals surface area contributed by atoms with E-state index in [4.69, 9.17) is 0 Å². The van der Waals surface area contributed by atoms with Gasteiger partial charge in [-0.05, 0) is 24.8 Å². The number of allylic oxidation sites excluding steroid dienone is 1. The molecule has 0 bridgehead atoms. The lowest BCUT2D eigenvalue weighted by atomic mass is 9.96. The van der Waals surface area contributed by atoms with E-state index in [9.17, 15) is 0 Å². The SMILES string of the molecule is C=C=CCCCCCCCC(C)CCCCCC. The average molecular weight is 250 g/mol. The van der Waals surface area contributed by atoms with Crippen LogP contribution in [0.2, 0.25) is 0 Å². The Bertz CT molecular complexity index is 198. The molecule has 0 fully saturated rings. The highest BCUT2D eigenvalue weighted by atomic mass is 14.1. The lowest BCUT2D eigenvalue weighted by Gasteiger charge is -2.10. The van der Waals surface area contributed by atoms with Crippen molar-refractivity contribution >= 4 is 0 Å². The molecule has 0 heterocycles. The van der Waals surface area contributed by atoms with Crippen molar-refractivity contribution in [3.8, 4) is 0 Å². The first kappa shape index (κ1) is 17.5. The van der Waals surface area contributed by atoms with E-state index in [0.717, 1.165) is 12.3 Å². The standard InChI is InChI=1S/C18H34/c1-4-6-8-10-11-12-13-15-17-18(3)16-14-9-7-5-2/h6,18H,1,5,7-17H2,2-3H3. The van der Waals surface area contributed by atoms with Gasteiger partial charge in [-0.25, -0.2) is 0 Å². The van der Waals surface area contributed by atoms with Crippen molar-refractivity contribution in [1.82, 2.24) is 0 Å². The maximum Gasteiger partial charge on any atom is -0.0275 e. The third-order valence-corrected chi connectivity index (χ3v) is 3.74. The van der Waals surface area contributed by atoms with Gasteiger partial charge in [0, 0.05) is 0 Å². The molecule has 0 aliphatic rings. The van der Waals surface area contributed by atoms with Crippen LogP contribution in [-0.2, 0) is 0 Å². The van der Waals surface area contributed by atoms with Crippen LogP contribution in [0.3, 0.4) is 0 Å². The van der Waals surface area contributed by atoms with Crippen molar-refractivity contribution in [2.24, 2.45) is 5.92 Å². The van der Waals surface area contributed by atoms with E-state index < -0.39 is 0 Å². The predicted molar refractivity (Wildman–Crippen MR) is 84.0 cm³/mol. The van der Waals surface area contributed by atoms with E-state index >= 15 is 0 Å². The third-order valence-electron chi connectivity index (χ3n) is 3.74. The van der Waals surface area contributed by atoms with Crippen molar-refractivity contribution < 1.29 is 0 Å². The Morgan fingerprint density at radius 3 is 2.06 bits per heavy atom. The summed E-state index contributed by atoms with van der Waals surface area (Å²) in [5.74, 6) is 0.950. The fraction of sp³-hybridized carbons (Fsp3) is 0.833. The molecular formula is C18H34. The first-order valence-corrected chi connectivity index (χ1v) is 8.15. The van der Waals surface area contributed by atoms with Crippen molar-refractivity contribution in [2.45, 2.75) is 90.9 Å². The van der Waals surface area contributed by atoms with Crippen LogP contribution in [0.15, 0.2) is 18.4 Å². The lowest BCUT2D eigenvalue weighted by molar-refractivity contribution is 0.434. The summed E-state index contributed by atoms with van der Waals surface area (Å²) in [5, 5.41) is 0. The first-order chi connectivity index (χ1) is 8.81. The summed E-state index contributed by atoms with van der Waals surface area (Å²) in [4.78, 5) is 0. The lowest BCUT2D eigenvalue weighted by Crippen LogP contribution is -1.95. The van der Waals surface area contributed by atoms with Crippen LogP contribution in [0, 0.1) is 5.92 Å². The number of hydrogen-bond acceptors (Lipinski definition) is 0. The van der Waals surface area contributed by atoms with Crippen LogP contribution in [0.5, 0.6) is 0 Å². The largest absolute Gasteiger partial charge is 0.133 e. The minimum atomic E-state index is 0.950. The molecule has 1 atom stereocenters. The molecule has 18 heavy (non-hydrogen) atoms. The molecule has 0 aliphatic carbocycles. The monoisotopic (exact) mass is 250 g/mol. The zero-order chi connectivity index (χ0) is 13.5. The van der Waals surface area contributed by atoms with Crippen molar-refractivity contribution in [2.75, 3.05) is 0 Å². The Labute approximate surface area is 116 Å². The Hall–Kier alpha value is -0.480. The second kappa shape index (κ2) is 14.6. The van der Waals surface area contributed by atoms with Crippen molar-refractivity contribution in [3.63, 3.8) is 0 Å². The minimum Gasteiger partial charge on any atom is -0.133 e. The van der Waals surface area contributed by atoms with Gasteiger partial charge in [0.05, 0.1) is 0 Å². The average Bonchev–Trinajstić information content (AvgIpc) is 2.38. The van der Waals surface area contributed by atoms with E-state index in [2.05, 4.69) is 32.2 Å². The van der Waals surface area contributed by atoms with Gasteiger partial charge in [-0.15, -0.1) is 5.73 Å². The van der Waals surface area contributed by atoms with Crippen LogP contribution in [0.1, 0.15) is 90.9 Å². The molecule has 0 saturated heterocycles. The molecule has 106 valence electrons. The van der Waals surface area contributed by atoms with Gasteiger partial charge >= 0.3 is 0 Å². The molecule has 0 amide bonds. The quantitative estimate of drug-likeness (QED) is 0.253. The molecule has 0 aromatic heterocycles. The Morgan fingerprint density at radius 2 is 1.44 bits per heavy atom. The zero-order valence-electron chi connectivity index (χ0n) is 12.8. The van der Waals surface area contributed by atoms with E-state index in [1.54, 1.807) is 0 Å². The first-order valence-electron chi connectivity index (χ1n) is 8.15. The molecule has 0 rings (SSSR count). The van der Waals surface area contributed by atoms with Gasteiger partial charge in [0.15, 0.2) is 0 Å². The molecule has 0 nitrogen and oxygen atoms in total. The molecule has 0 aromatic rings. The highest BCUT2D eigenvalue weighted by molar-refractivity contribution is 4.74. The second-order valence-electron chi connectivity index (χ2n) is 5.71. The van der Waals surface area contributed by atoms with E-state index in [-0.39, 0.29) is 0 Å². The molecule has 0 spiro atoms. The van der Waals surface area contributed by atoms with Gasteiger partial charge in [0.1, 0.15) is 0 Å². The number of rotatable bonds is 13. The molecule has 0 aromatic carbocycles. The summed E-state index contributed by atoms with van der Waals surface area (Å²) in [6.45, 7) is 8.30. The summed E-state index contributed by atoms with van der Waals surface area (Å²) >= 11 is 0. The van der Waals surface area contributed by atoms with Gasteiger partial charge in [-0.3, -0.25) is 0 Å². The highest BCUT2D eigenvalue weighted by Crippen LogP contribution is 2.17. The molecule has 0 N–H and O–H groups in total. The van der Waals surface area contributed by atoms with E-state index in [1.807, 2.05) is 0 Å². The Balaban J connectivity index is 3.14. The van der Waals surface area contributed by atoms with Crippen molar-refractivity contribution in [3.05, 3.63) is 18.4 Å². The van der Waals surface area contributed by atoms with Gasteiger partial charge in [-0.2, -0.15) is 0 Å². The fourth-order valence-electron chi connectivity index (χ4n) is 2.44. The number of hydrogen-bond donors (Lipinski definition) is 0. The van der Waals surface area contributed by atoms with Crippen LogP contribution < -0.4 is 0 Å². The van der Waals surface area contributed by atoms with E-state index in [1.165, 1.54) is 70.6 Å². The molecular weight excluding hydrogens is 216 g/mol. The minimum absolute atomic E-state index is 0.950. The normalized spacial score (nSPS) is 12.1. The third kappa shape index (κ3) is 13.6.